The number of hydrogen-bond acceptors (Lipinski definition) is 3. The fourth-order valence-electron chi connectivity index (χ4n) is 2.72. The molecule has 0 atom stereocenters. The van der Waals surface area contributed by atoms with Gasteiger partial charge < -0.3 is 15.4 Å². The van der Waals surface area contributed by atoms with E-state index in [9.17, 15) is 9.59 Å². The molecule has 2 N–H and O–H groups in total. The summed E-state index contributed by atoms with van der Waals surface area (Å²) in [6, 6.07) is 23.1. The van der Waals surface area contributed by atoms with Crippen LogP contribution >= 0.6 is 11.6 Å². The van der Waals surface area contributed by atoms with E-state index in [0.29, 0.717) is 16.3 Å². The molecule has 0 fully saturated rings. The van der Waals surface area contributed by atoms with E-state index < -0.39 is 5.91 Å². The number of hydrogen-bond donors (Lipinski definition) is 2. The summed E-state index contributed by atoms with van der Waals surface area (Å²) in [6.07, 6.45) is 1.61. The smallest absolute Gasteiger partial charge is 0.268 e. The fraction of sp³-hybridized carbons (Fsp3) is 0.0833. The molecule has 0 heterocycles. The summed E-state index contributed by atoms with van der Waals surface area (Å²) in [5.41, 5.74) is 2.11. The van der Waals surface area contributed by atoms with Gasteiger partial charge in [-0.15, -0.1) is 0 Å². The molecule has 0 aliphatic heterocycles. The van der Waals surface area contributed by atoms with E-state index >= 15 is 0 Å². The molecule has 6 heteroatoms. The molecule has 0 aliphatic rings. The molecule has 2 amide bonds. The van der Waals surface area contributed by atoms with Crippen molar-refractivity contribution in [1.29, 1.82) is 0 Å². The van der Waals surface area contributed by atoms with Crippen molar-refractivity contribution in [3.63, 3.8) is 0 Å². The average molecular weight is 421 g/mol. The Morgan fingerprint density at radius 1 is 0.933 bits per heavy atom. The quantitative estimate of drug-likeness (QED) is 0.555. The minimum Gasteiger partial charge on any atom is -0.497 e. The van der Waals surface area contributed by atoms with Gasteiger partial charge in [0, 0.05) is 17.1 Å². The van der Waals surface area contributed by atoms with Crippen molar-refractivity contribution < 1.29 is 14.3 Å². The second-order valence-electron chi connectivity index (χ2n) is 6.43. The third kappa shape index (κ3) is 5.72. The highest BCUT2D eigenvalue weighted by Gasteiger charge is 2.15. The monoisotopic (exact) mass is 420 g/mol. The molecule has 152 valence electrons. The molecule has 0 spiro atoms. The normalized spacial score (nSPS) is 10.9. The van der Waals surface area contributed by atoms with Crippen molar-refractivity contribution in [2.75, 3.05) is 7.11 Å². The zero-order valence-electron chi connectivity index (χ0n) is 16.4. The molecule has 5 nitrogen and oxygen atoms in total. The Bertz CT molecular complexity index is 1050. The lowest BCUT2D eigenvalue weighted by Crippen LogP contribution is -2.34. The van der Waals surface area contributed by atoms with Crippen molar-refractivity contribution in [3.8, 4) is 5.75 Å². The molecule has 0 aromatic heterocycles. The largest absolute Gasteiger partial charge is 0.497 e. The number of carbonyl (C=O) groups excluding carboxylic acids is 2. The van der Waals surface area contributed by atoms with E-state index in [4.69, 9.17) is 16.3 Å². The van der Waals surface area contributed by atoms with Gasteiger partial charge in [0.15, 0.2) is 0 Å². The van der Waals surface area contributed by atoms with Gasteiger partial charge >= 0.3 is 0 Å². The molecule has 3 aromatic carbocycles. The van der Waals surface area contributed by atoms with Gasteiger partial charge in [-0.1, -0.05) is 60.1 Å². The fourth-order valence-corrected chi connectivity index (χ4v) is 2.92. The maximum Gasteiger partial charge on any atom is 0.268 e. The summed E-state index contributed by atoms with van der Waals surface area (Å²) in [4.78, 5) is 25.5. The van der Waals surface area contributed by atoms with E-state index in [2.05, 4.69) is 10.6 Å². The molecular weight excluding hydrogens is 400 g/mol. The Kier molecular flexibility index (Phi) is 7.24. The Balaban J connectivity index is 1.82. The molecule has 0 saturated heterocycles. The van der Waals surface area contributed by atoms with Crippen LogP contribution in [0.2, 0.25) is 5.02 Å². The van der Waals surface area contributed by atoms with E-state index in [1.807, 2.05) is 24.3 Å². The number of amides is 2. The Morgan fingerprint density at radius 3 is 2.27 bits per heavy atom. The predicted molar refractivity (Wildman–Crippen MR) is 118 cm³/mol. The van der Waals surface area contributed by atoms with Crippen LogP contribution in [-0.4, -0.2) is 18.9 Å². The van der Waals surface area contributed by atoms with Gasteiger partial charge in [-0.05, 0) is 47.5 Å². The lowest BCUT2D eigenvalue weighted by molar-refractivity contribution is -0.117. The first-order valence-electron chi connectivity index (χ1n) is 9.30. The van der Waals surface area contributed by atoms with Crippen molar-refractivity contribution in [2.24, 2.45) is 0 Å². The van der Waals surface area contributed by atoms with Gasteiger partial charge in [-0.2, -0.15) is 0 Å². The van der Waals surface area contributed by atoms with Crippen LogP contribution in [-0.2, 0) is 11.3 Å². The van der Waals surface area contributed by atoms with Crippen molar-refractivity contribution in [2.45, 2.75) is 6.54 Å². The van der Waals surface area contributed by atoms with Gasteiger partial charge in [0.1, 0.15) is 11.4 Å². The van der Waals surface area contributed by atoms with E-state index in [-0.39, 0.29) is 18.1 Å². The van der Waals surface area contributed by atoms with E-state index in [1.54, 1.807) is 67.8 Å². The maximum absolute atomic E-state index is 12.9. The van der Waals surface area contributed by atoms with Crippen LogP contribution in [0.5, 0.6) is 5.75 Å². The number of carbonyl (C=O) groups is 2. The minimum absolute atomic E-state index is 0.126. The zero-order valence-corrected chi connectivity index (χ0v) is 17.1. The van der Waals surface area contributed by atoms with Crippen molar-refractivity contribution in [3.05, 3.63) is 106 Å². The number of halogens is 1. The second-order valence-corrected chi connectivity index (χ2v) is 6.83. The molecule has 0 bridgehead atoms. The van der Waals surface area contributed by atoms with Gasteiger partial charge in [0.05, 0.1) is 7.11 Å². The molecule has 0 aliphatic carbocycles. The van der Waals surface area contributed by atoms with E-state index in [1.165, 1.54) is 0 Å². The number of methoxy groups -OCH3 is 1. The number of ether oxygens (including phenoxy) is 1. The topological polar surface area (TPSA) is 67.4 Å². The lowest BCUT2D eigenvalue weighted by Gasteiger charge is -2.12. The average Bonchev–Trinajstić information content (AvgIpc) is 2.79. The highest BCUT2D eigenvalue weighted by Crippen LogP contribution is 2.16. The van der Waals surface area contributed by atoms with Crippen LogP contribution < -0.4 is 15.4 Å². The highest BCUT2D eigenvalue weighted by atomic mass is 35.5. The van der Waals surface area contributed by atoms with Crippen molar-refractivity contribution in [1.82, 2.24) is 10.6 Å². The highest BCUT2D eigenvalue weighted by molar-refractivity contribution is 6.31. The third-order valence-corrected chi connectivity index (χ3v) is 4.72. The predicted octanol–water partition coefficient (Wildman–Crippen LogP) is 4.44. The standard InChI is InChI=1S/C24H21ClN2O3/c1-30-20-13-11-17(12-14-20)15-22(27-23(28)18-7-3-2-4-8-18)24(29)26-16-19-9-5-6-10-21(19)25/h2-15H,16H2,1H3,(H,26,29)(H,27,28)/b22-15-. The summed E-state index contributed by atoms with van der Waals surface area (Å²) in [7, 11) is 1.58. The number of rotatable bonds is 7. The second kappa shape index (κ2) is 10.3. The Morgan fingerprint density at radius 2 is 1.60 bits per heavy atom. The first kappa shape index (κ1) is 21.1. The first-order valence-corrected chi connectivity index (χ1v) is 9.68. The summed E-state index contributed by atoms with van der Waals surface area (Å²) >= 11 is 6.16. The minimum atomic E-state index is -0.421. The summed E-state index contributed by atoms with van der Waals surface area (Å²) < 4.78 is 5.16. The SMILES string of the molecule is COc1ccc(/C=C(\NC(=O)c2ccccc2)C(=O)NCc2ccccc2Cl)cc1. The summed E-state index contributed by atoms with van der Waals surface area (Å²) in [5.74, 6) is -0.0940. The zero-order chi connectivity index (χ0) is 21.3. The maximum atomic E-state index is 12.9. The van der Waals surface area contributed by atoms with Gasteiger partial charge in [-0.25, -0.2) is 0 Å². The lowest BCUT2D eigenvalue weighted by atomic mass is 10.1. The van der Waals surface area contributed by atoms with Crippen LogP contribution in [0, 0.1) is 0 Å². The number of nitrogens with one attached hydrogen (secondary N) is 2. The number of benzene rings is 3. The third-order valence-electron chi connectivity index (χ3n) is 4.35. The molecule has 3 rings (SSSR count). The van der Waals surface area contributed by atoms with Gasteiger partial charge in [-0.3, -0.25) is 9.59 Å². The Hall–Kier alpha value is -3.57. The van der Waals surface area contributed by atoms with Crippen LogP contribution in [0.3, 0.4) is 0 Å². The molecular formula is C24H21ClN2O3. The van der Waals surface area contributed by atoms with Crippen LogP contribution in [0.25, 0.3) is 6.08 Å². The molecule has 0 saturated carbocycles. The molecule has 30 heavy (non-hydrogen) atoms. The van der Waals surface area contributed by atoms with Gasteiger partial charge in [0.25, 0.3) is 11.8 Å². The molecule has 0 unspecified atom stereocenters. The summed E-state index contributed by atoms with van der Waals surface area (Å²) in [6.45, 7) is 0.236. The molecule has 3 aromatic rings. The van der Waals surface area contributed by atoms with Crippen LogP contribution in [0.1, 0.15) is 21.5 Å². The first-order chi connectivity index (χ1) is 14.6. The van der Waals surface area contributed by atoms with Crippen molar-refractivity contribution >= 4 is 29.5 Å². The van der Waals surface area contributed by atoms with E-state index in [0.717, 1.165) is 11.1 Å². The van der Waals surface area contributed by atoms with Crippen LogP contribution in [0.4, 0.5) is 0 Å². The Labute approximate surface area is 180 Å². The summed E-state index contributed by atoms with van der Waals surface area (Å²) in [5, 5.41) is 6.08. The molecule has 0 radical (unpaired) electrons. The van der Waals surface area contributed by atoms with Crippen LogP contribution in [0.15, 0.2) is 84.6 Å². The van der Waals surface area contributed by atoms with Gasteiger partial charge in [0.2, 0.25) is 0 Å².